The van der Waals surface area contributed by atoms with Crippen LogP contribution in [0.25, 0.3) is 5.76 Å². The Hall–Kier alpha value is -3.21. The predicted octanol–water partition coefficient (Wildman–Crippen LogP) is 0.779. The summed E-state index contributed by atoms with van der Waals surface area (Å²) in [5.41, 5.74) is 3.46. The summed E-state index contributed by atoms with van der Waals surface area (Å²) in [5, 5.41) is 47.4. The van der Waals surface area contributed by atoms with Gasteiger partial charge in [-0.05, 0) is 68.9 Å². The van der Waals surface area contributed by atoms with E-state index in [1.807, 2.05) is 13.1 Å². The molecule has 192 valence electrons. The van der Waals surface area contributed by atoms with Gasteiger partial charge in [0.2, 0.25) is 5.78 Å². The van der Waals surface area contributed by atoms with Crippen LogP contribution < -0.4 is 11.1 Å². The van der Waals surface area contributed by atoms with Crippen molar-refractivity contribution in [1.29, 1.82) is 0 Å². The number of carbonyl (C=O) groups excluding carboxylic acids is 3. The highest BCUT2D eigenvalue weighted by Crippen LogP contribution is 2.52. The first-order valence-electron chi connectivity index (χ1n) is 12.3. The van der Waals surface area contributed by atoms with Crippen LogP contribution in [0.5, 0.6) is 5.75 Å². The van der Waals surface area contributed by atoms with Gasteiger partial charge in [-0.3, -0.25) is 19.3 Å². The molecule has 5 atom stereocenters. The molecule has 1 amide bonds. The zero-order chi connectivity index (χ0) is 26.1. The van der Waals surface area contributed by atoms with E-state index in [0.717, 1.165) is 24.9 Å². The highest BCUT2D eigenvalue weighted by atomic mass is 16.3. The summed E-state index contributed by atoms with van der Waals surface area (Å²) in [5.74, 6) is -6.40. The number of hydrogen-bond acceptors (Lipinski definition) is 9. The molecule has 0 radical (unpaired) electrons. The largest absolute Gasteiger partial charge is 0.508 e. The maximum atomic E-state index is 13.8. The van der Waals surface area contributed by atoms with Gasteiger partial charge < -0.3 is 31.5 Å². The molecule has 1 aromatic rings. The Morgan fingerprint density at radius 1 is 1.25 bits per heavy atom. The second kappa shape index (κ2) is 8.43. The number of likely N-dealkylation sites (tertiary alicyclic amines) is 1. The Labute approximate surface area is 208 Å². The number of amides is 1. The van der Waals surface area contributed by atoms with Crippen LogP contribution in [0.15, 0.2) is 29.0 Å². The first-order valence-corrected chi connectivity index (χ1v) is 12.3. The normalized spacial score (nSPS) is 32.4. The van der Waals surface area contributed by atoms with E-state index >= 15 is 0 Å². The summed E-state index contributed by atoms with van der Waals surface area (Å²) >= 11 is 0. The second-order valence-corrected chi connectivity index (χ2v) is 10.3. The summed E-state index contributed by atoms with van der Waals surface area (Å²) < 4.78 is 0. The number of benzene rings is 1. The molecule has 1 aromatic carbocycles. The molecule has 5 rings (SSSR count). The van der Waals surface area contributed by atoms with Crippen LogP contribution in [-0.2, 0) is 20.8 Å². The lowest BCUT2D eigenvalue weighted by Gasteiger charge is -2.49. The number of aromatic hydroxyl groups is 1. The topological polar surface area (TPSA) is 173 Å². The van der Waals surface area contributed by atoms with E-state index in [1.165, 1.54) is 0 Å². The predicted molar refractivity (Wildman–Crippen MR) is 129 cm³/mol. The Balaban J connectivity index is 1.65. The standard InChI is InChI=1S/C26H31N3O7/c1-3-28-20-14-9-13-8-12-7-11(15-5-4-6-29(15)2)10-16(30)17(12)21(31)18(13)23(33)26(14,36)24(34)19(22(20)32)25(27)35/h7,10,13-15,20,28,30-31,34,36H,3-6,8-9H2,1-2H3,(H2,27,35)/t13-,14-,15-,20-,26-/m0/s1. The van der Waals surface area contributed by atoms with Gasteiger partial charge in [0.1, 0.15) is 22.8 Å². The van der Waals surface area contributed by atoms with Crippen molar-refractivity contribution >= 4 is 23.2 Å². The molecule has 7 N–H and O–H groups in total. The number of nitrogens with zero attached hydrogens (tertiary/aromatic N) is 1. The quantitative estimate of drug-likeness (QED) is 0.329. The highest BCUT2D eigenvalue weighted by Gasteiger charge is 2.63. The minimum atomic E-state index is -2.62. The molecule has 1 heterocycles. The van der Waals surface area contributed by atoms with E-state index in [9.17, 15) is 34.8 Å². The van der Waals surface area contributed by atoms with Crippen molar-refractivity contribution in [3.05, 3.63) is 45.7 Å². The van der Waals surface area contributed by atoms with Crippen molar-refractivity contribution in [1.82, 2.24) is 10.2 Å². The van der Waals surface area contributed by atoms with Crippen LogP contribution in [0.3, 0.4) is 0 Å². The molecular weight excluding hydrogens is 466 g/mol. The third kappa shape index (κ3) is 3.24. The number of hydrogen-bond donors (Lipinski definition) is 6. The molecule has 2 fully saturated rings. The molecule has 1 saturated carbocycles. The number of phenolic OH excluding ortho intramolecular Hbond substituents is 1. The first-order chi connectivity index (χ1) is 17.0. The van der Waals surface area contributed by atoms with Crippen molar-refractivity contribution in [3.8, 4) is 5.75 Å². The number of fused-ring (bicyclic) bond motifs is 3. The van der Waals surface area contributed by atoms with Crippen molar-refractivity contribution in [2.24, 2.45) is 17.6 Å². The number of phenols is 1. The zero-order valence-corrected chi connectivity index (χ0v) is 20.2. The van der Waals surface area contributed by atoms with Crippen LogP contribution in [0, 0.1) is 11.8 Å². The average molecular weight is 498 g/mol. The Kier molecular flexibility index (Phi) is 5.73. The first kappa shape index (κ1) is 24.5. The lowest BCUT2D eigenvalue weighted by atomic mass is 9.57. The highest BCUT2D eigenvalue weighted by molar-refractivity contribution is 6.24. The van der Waals surface area contributed by atoms with Gasteiger partial charge in [0.15, 0.2) is 11.4 Å². The van der Waals surface area contributed by atoms with E-state index < -0.39 is 58.0 Å². The fourth-order valence-electron chi connectivity index (χ4n) is 6.71. The monoisotopic (exact) mass is 497 g/mol. The average Bonchev–Trinajstić information content (AvgIpc) is 3.24. The molecule has 3 aliphatic carbocycles. The van der Waals surface area contributed by atoms with Crippen LogP contribution in [0.1, 0.15) is 48.9 Å². The number of aliphatic hydroxyl groups is 3. The maximum absolute atomic E-state index is 13.8. The lowest BCUT2D eigenvalue weighted by molar-refractivity contribution is -0.150. The Morgan fingerprint density at radius 3 is 2.58 bits per heavy atom. The zero-order valence-electron chi connectivity index (χ0n) is 20.2. The number of likely N-dealkylation sites (N-methyl/N-ethyl adjacent to an activating group) is 1. The third-order valence-corrected chi connectivity index (χ3v) is 8.36. The lowest BCUT2D eigenvalue weighted by Crippen LogP contribution is -2.66. The van der Waals surface area contributed by atoms with Crippen LogP contribution in [0.2, 0.25) is 0 Å². The summed E-state index contributed by atoms with van der Waals surface area (Å²) in [4.78, 5) is 41.0. The number of Topliss-reactive ketones (excluding diaryl/α,β-unsaturated/α-hetero) is 2. The van der Waals surface area contributed by atoms with Crippen LogP contribution in [-0.4, -0.2) is 74.6 Å². The van der Waals surface area contributed by atoms with Gasteiger partial charge in [0, 0.05) is 17.5 Å². The number of carbonyl (C=O) groups is 3. The van der Waals surface area contributed by atoms with Crippen molar-refractivity contribution in [2.75, 3.05) is 20.1 Å². The molecule has 1 saturated heterocycles. The van der Waals surface area contributed by atoms with Crippen molar-refractivity contribution in [3.63, 3.8) is 0 Å². The summed E-state index contributed by atoms with van der Waals surface area (Å²) in [7, 11) is 2.02. The minimum Gasteiger partial charge on any atom is -0.508 e. The SMILES string of the molecule is CCN[C@@H]1C(=O)C(C(N)=O)=C(O)[C@@]2(O)C(=O)C3=C(O)c4c(O)cc([C@@H]5CCCN5C)cc4C[C@H]3C[C@@H]12. The number of rotatable bonds is 4. The molecule has 4 aliphatic rings. The molecular formula is C26H31N3O7. The van der Waals surface area contributed by atoms with E-state index in [-0.39, 0.29) is 29.3 Å². The molecule has 0 aromatic heterocycles. The number of nitrogens with one attached hydrogen (secondary N) is 1. The molecule has 10 nitrogen and oxygen atoms in total. The van der Waals surface area contributed by atoms with E-state index in [0.29, 0.717) is 18.5 Å². The third-order valence-electron chi connectivity index (χ3n) is 8.36. The Bertz CT molecular complexity index is 1250. The molecule has 10 heteroatoms. The second-order valence-electron chi connectivity index (χ2n) is 10.3. The molecule has 1 aliphatic heterocycles. The molecule has 0 unspecified atom stereocenters. The van der Waals surface area contributed by atoms with E-state index in [2.05, 4.69) is 10.2 Å². The minimum absolute atomic E-state index is 0.0783. The number of ketones is 2. The number of nitrogens with two attached hydrogens (primary N) is 1. The molecule has 36 heavy (non-hydrogen) atoms. The van der Waals surface area contributed by atoms with Gasteiger partial charge in [-0.15, -0.1) is 0 Å². The maximum Gasteiger partial charge on any atom is 0.255 e. The van der Waals surface area contributed by atoms with Gasteiger partial charge in [-0.2, -0.15) is 0 Å². The smallest absolute Gasteiger partial charge is 0.255 e. The molecule has 0 spiro atoms. The molecule has 0 bridgehead atoms. The fourth-order valence-corrected chi connectivity index (χ4v) is 6.71. The van der Waals surface area contributed by atoms with Crippen molar-refractivity contribution < 1.29 is 34.8 Å². The van der Waals surface area contributed by atoms with Gasteiger partial charge >= 0.3 is 0 Å². The summed E-state index contributed by atoms with van der Waals surface area (Å²) in [6.07, 6.45) is 2.36. The van der Waals surface area contributed by atoms with E-state index in [1.54, 1.807) is 13.0 Å². The van der Waals surface area contributed by atoms with Gasteiger partial charge in [-0.25, -0.2) is 0 Å². The summed E-state index contributed by atoms with van der Waals surface area (Å²) in [6.45, 7) is 2.98. The van der Waals surface area contributed by atoms with Gasteiger partial charge in [-0.1, -0.05) is 13.0 Å². The van der Waals surface area contributed by atoms with Crippen molar-refractivity contribution in [2.45, 2.75) is 50.3 Å². The summed E-state index contributed by atoms with van der Waals surface area (Å²) in [6, 6.07) is 2.54. The Morgan fingerprint density at radius 2 is 1.97 bits per heavy atom. The van der Waals surface area contributed by atoms with E-state index in [4.69, 9.17) is 5.73 Å². The number of aliphatic hydroxyl groups excluding tert-OH is 2. The van der Waals surface area contributed by atoms with Gasteiger partial charge in [0.25, 0.3) is 5.91 Å². The fraction of sp³-hybridized carbons (Fsp3) is 0.500. The van der Waals surface area contributed by atoms with Crippen LogP contribution in [0.4, 0.5) is 0 Å². The van der Waals surface area contributed by atoms with Crippen LogP contribution >= 0.6 is 0 Å². The van der Waals surface area contributed by atoms with Gasteiger partial charge in [0.05, 0.1) is 11.6 Å². The number of primary amides is 1.